The van der Waals surface area contributed by atoms with Gasteiger partial charge in [-0.3, -0.25) is 4.99 Å². The van der Waals surface area contributed by atoms with E-state index in [4.69, 9.17) is 10.5 Å². The van der Waals surface area contributed by atoms with E-state index in [-0.39, 0.29) is 6.10 Å². The van der Waals surface area contributed by atoms with Crippen molar-refractivity contribution in [1.82, 2.24) is 0 Å². The standard InChI is InChI=1S/C17H29N3O/c1-5-14-8-7-9-15(12-14)20-17(18)19-11-10-16(13(3)4)21-6-2/h7-9,12-13,16H,5-6,10-11H2,1-4H3,(H3,18,19,20). The summed E-state index contributed by atoms with van der Waals surface area (Å²) in [5.41, 5.74) is 8.20. The van der Waals surface area contributed by atoms with Crippen LogP contribution in [0, 0.1) is 5.92 Å². The first-order chi connectivity index (χ1) is 10.1. The molecule has 118 valence electrons. The molecule has 0 spiro atoms. The second-order valence-corrected chi connectivity index (χ2v) is 5.47. The fourth-order valence-corrected chi connectivity index (χ4v) is 2.19. The maximum absolute atomic E-state index is 5.93. The van der Waals surface area contributed by atoms with E-state index in [1.54, 1.807) is 0 Å². The first-order valence-electron chi connectivity index (χ1n) is 7.84. The lowest BCUT2D eigenvalue weighted by atomic mass is 10.0. The number of rotatable bonds is 8. The SMILES string of the molecule is CCOC(CCN=C(N)Nc1cccc(CC)c1)C(C)C. The molecule has 1 atom stereocenters. The van der Waals surface area contributed by atoms with Crippen molar-refractivity contribution in [2.75, 3.05) is 18.5 Å². The predicted molar refractivity (Wildman–Crippen MR) is 90.8 cm³/mol. The van der Waals surface area contributed by atoms with Crippen LogP contribution < -0.4 is 11.1 Å². The van der Waals surface area contributed by atoms with Crippen LogP contribution in [0.15, 0.2) is 29.3 Å². The van der Waals surface area contributed by atoms with Crippen LogP contribution in [0.4, 0.5) is 5.69 Å². The fourth-order valence-electron chi connectivity index (χ4n) is 2.19. The summed E-state index contributed by atoms with van der Waals surface area (Å²) in [4.78, 5) is 4.38. The highest BCUT2D eigenvalue weighted by Gasteiger charge is 2.12. The number of benzene rings is 1. The Labute approximate surface area is 128 Å². The number of aryl methyl sites for hydroxylation is 1. The van der Waals surface area contributed by atoms with Gasteiger partial charge < -0.3 is 15.8 Å². The molecule has 1 rings (SSSR count). The minimum Gasteiger partial charge on any atom is -0.378 e. The average Bonchev–Trinajstić information content (AvgIpc) is 2.46. The number of guanidine groups is 1. The Bertz CT molecular complexity index is 443. The summed E-state index contributed by atoms with van der Waals surface area (Å²) in [6, 6.07) is 8.23. The fraction of sp³-hybridized carbons (Fsp3) is 0.588. The van der Waals surface area contributed by atoms with E-state index in [0.29, 0.717) is 18.4 Å². The van der Waals surface area contributed by atoms with Crippen molar-refractivity contribution in [3.8, 4) is 0 Å². The van der Waals surface area contributed by atoms with Gasteiger partial charge in [-0.1, -0.05) is 32.9 Å². The molecule has 1 aromatic rings. The number of nitrogens with two attached hydrogens (primary N) is 1. The van der Waals surface area contributed by atoms with Crippen molar-refractivity contribution in [2.24, 2.45) is 16.6 Å². The number of anilines is 1. The molecule has 4 nitrogen and oxygen atoms in total. The number of hydrogen-bond donors (Lipinski definition) is 2. The highest BCUT2D eigenvalue weighted by Crippen LogP contribution is 2.12. The van der Waals surface area contributed by atoms with E-state index in [9.17, 15) is 0 Å². The summed E-state index contributed by atoms with van der Waals surface area (Å²) in [6.45, 7) is 9.91. The molecule has 21 heavy (non-hydrogen) atoms. The molecular formula is C17H29N3O. The zero-order valence-corrected chi connectivity index (χ0v) is 13.7. The minimum absolute atomic E-state index is 0.245. The van der Waals surface area contributed by atoms with Crippen LogP contribution in [0.5, 0.6) is 0 Å². The largest absolute Gasteiger partial charge is 0.378 e. The van der Waals surface area contributed by atoms with Crippen LogP contribution in [0.2, 0.25) is 0 Å². The van der Waals surface area contributed by atoms with Crippen molar-refractivity contribution < 1.29 is 4.74 Å². The number of nitrogens with zero attached hydrogens (tertiary/aromatic N) is 1. The number of hydrogen-bond acceptors (Lipinski definition) is 2. The highest BCUT2D eigenvalue weighted by molar-refractivity contribution is 5.92. The quantitative estimate of drug-likeness (QED) is 0.570. The Morgan fingerprint density at radius 1 is 1.33 bits per heavy atom. The second-order valence-electron chi connectivity index (χ2n) is 5.47. The topological polar surface area (TPSA) is 59.6 Å². The summed E-state index contributed by atoms with van der Waals surface area (Å²) >= 11 is 0. The smallest absolute Gasteiger partial charge is 0.193 e. The van der Waals surface area contributed by atoms with E-state index in [1.165, 1.54) is 5.56 Å². The van der Waals surface area contributed by atoms with E-state index < -0.39 is 0 Å². The summed E-state index contributed by atoms with van der Waals surface area (Å²) in [5, 5.41) is 3.14. The van der Waals surface area contributed by atoms with Gasteiger partial charge in [-0.15, -0.1) is 0 Å². The van der Waals surface area contributed by atoms with Crippen molar-refractivity contribution in [3.05, 3.63) is 29.8 Å². The van der Waals surface area contributed by atoms with E-state index in [1.807, 2.05) is 19.1 Å². The molecule has 0 bridgehead atoms. The molecule has 0 aliphatic heterocycles. The molecule has 0 aromatic heterocycles. The van der Waals surface area contributed by atoms with Crippen LogP contribution in [-0.4, -0.2) is 25.2 Å². The Kier molecular flexibility index (Phi) is 7.83. The van der Waals surface area contributed by atoms with Crippen LogP contribution in [-0.2, 0) is 11.2 Å². The number of aliphatic imine (C=N–C) groups is 1. The van der Waals surface area contributed by atoms with Crippen LogP contribution >= 0.6 is 0 Å². The van der Waals surface area contributed by atoms with Gasteiger partial charge in [0.05, 0.1) is 6.10 Å². The average molecular weight is 291 g/mol. The normalized spacial score (nSPS) is 13.5. The van der Waals surface area contributed by atoms with Crippen LogP contribution in [0.1, 0.15) is 39.7 Å². The van der Waals surface area contributed by atoms with Gasteiger partial charge in [0.15, 0.2) is 5.96 Å². The Morgan fingerprint density at radius 3 is 2.71 bits per heavy atom. The molecule has 1 unspecified atom stereocenters. The van der Waals surface area contributed by atoms with Gasteiger partial charge in [-0.25, -0.2) is 0 Å². The Hall–Kier alpha value is -1.55. The van der Waals surface area contributed by atoms with Crippen LogP contribution in [0.3, 0.4) is 0 Å². The molecule has 0 fully saturated rings. The molecule has 0 aliphatic rings. The van der Waals surface area contributed by atoms with Gasteiger partial charge in [-0.05, 0) is 43.4 Å². The maximum Gasteiger partial charge on any atom is 0.193 e. The molecule has 0 aliphatic carbocycles. The molecule has 4 heteroatoms. The van der Waals surface area contributed by atoms with Gasteiger partial charge in [0.25, 0.3) is 0 Å². The van der Waals surface area contributed by atoms with Crippen molar-refractivity contribution in [1.29, 1.82) is 0 Å². The monoisotopic (exact) mass is 291 g/mol. The zero-order chi connectivity index (χ0) is 15.7. The van der Waals surface area contributed by atoms with E-state index in [0.717, 1.165) is 25.1 Å². The lowest BCUT2D eigenvalue weighted by Gasteiger charge is -2.19. The first-order valence-corrected chi connectivity index (χ1v) is 7.84. The second kappa shape index (κ2) is 9.40. The molecule has 0 saturated carbocycles. The molecule has 0 saturated heterocycles. The highest BCUT2D eigenvalue weighted by atomic mass is 16.5. The van der Waals surface area contributed by atoms with Crippen LogP contribution in [0.25, 0.3) is 0 Å². The van der Waals surface area contributed by atoms with E-state index in [2.05, 4.69) is 43.2 Å². The molecule has 3 N–H and O–H groups in total. The summed E-state index contributed by atoms with van der Waals surface area (Å²) < 4.78 is 5.70. The van der Waals surface area contributed by atoms with Gasteiger partial charge in [-0.2, -0.15) is 0 Å². The summed E-state index contributed by atoms with van der Waals surface area (Å²) in [5.74, 6) is 0.956. The van der Waals surface area contributed by atoms with Crippen molar-refractivity contribution in [3.63, 3.8) is 0 Å². The molecule has 0 radical (unpaired) electrons. The molecule has 0 amide bonds. The molecular weight excluding hydrogens is 262 g/mol. The van der Waals surface area contributed by atoms with Gasteiger partial charge >= 0.3 is 0 Å². The summed E-state index contributed by atoms with van der Waals surface area (Å²) in [7, 11) is 0. The Balaban J connectivity index is 2.48. The number of nitrogens with one attached hydrogen (secondary N) is 1. The lowest BCUT2D eigenvalue weighted by Crippen LogP contribution is -2.25. The minimum atomic E-state index is 0.245. The zero-order valence-electron chi connectivity index (χ0n) is 13.7. The Morgan fingerprint density at radius 2 is 2.10 bits per heavy atom. The van der Waals surface area contributed by atoms with Crippen molar-refractivity contribution in [2.45, 2.75) is 46.6 Å². The van der Waals surface area contributed by atoms with E-state index >= 15 is 0 Å². The van der Waals surface area contributed by atoms with Crippen molar-refractivity contribution >= 4 is 11.6 Å². The third-order valence-corrected chi connectivity index (χ3v) is 3.43. The third-order valence-electron chi connectivity index (χ3n) is 3.43. The van der Waals surface area contributed by atoms with Gasteiger partial charge in [0, 0.05) is 18.8 Å². The van der Waals surface area contributed by atoms with Gasteiger partial charge in [0.2, 0.25) is 0 Å². The van der Waals surface area contributed by atoms with Gasteiger partial charge in [0.1, 0.15) is 0 Å². The lowest BCUT2D eigenvalue weighted by molar-refractivity contribution is 0.0266. The predicted octanol–water partition coefficient (Wildman–Crippen LogP) is 3.43. The first kappa shape index (κ1) is 17.5. The maximum atomic E-state index is 5.93. The molecule has 1 aromatic carbocycles. The third kappa shape index (κ3) is 6.63. The summed E-state index contributed by atoms with van der Waals surface area (Å²) in [6.07, 6.45) is 2.15. The molecule has 0 heterocycles. The number of ether oxygens (including phenoxy) is 1.